The van der Waals surface area contributed by atoms with Crippen LogP contribution in [0.5, 0.6) is 0 Å². The van der Waals surface area contributed by atoms with E-state index < -0.39 is 10.0 Å². The summed E-state index contributed by atoms with van der Waals surface area (Å²) in [5, 5.41) is 14.8. The molecule has 0 spiro atoms. The Morgan fingerprint density at radius 1 is 1.17 bits per heavy atom. The Hall–Kier alpha value is -2.58. The molecule has 23 heavy (non-hydrogen) atoms. The molecule has 0 saturated heterocycles. The number of aromatic nitrogens is 1. The van der Waals surface area contributed by atoms with E-state index in [2.05, 4.69) is 14.5 Å². The molecule has 2 aromatic rings. The monoisotopic (exact) mass is 330 g/mol. The largest absolute Gasteiger partial charge is 0.394 e. The minimum atomic E-state index is -3.73. The molecule has 0 aliphatic carbocycles. The molecular formula is C15H14N4O3S. The molecule has 1 N–H and O–H groups in total. The summed E-state index contributed by atoms with van der Waals surface area (Å²) < 4.78 is 28.0. The van der Waals surface area contributed by atoms with E-state index in [1.165, 1.54) is 17.3 Å². The van der Waals surface area contributed by atoms with Gasteiger partial charge in [-0.15, -0.1) is 4.40 Å². The zero-order chi connectivity index (χ0) is 16.3. The van der Waals surface area contributed by atoms with Gasteiger partial charge in [0.05, 0.1) is 25.1 Å². The van der Waals surface area contributed by atoms with E-state index in [9.17, 15) is 13.5 Å². The average molecular weight is 330 g/mol. The van der Waals surface area contributed by atoms with Crippen LogP contribution in [0.25, 0.3) is 0 Å². The van der Waals surface area contributed by atoms with Crippen molar-refractivity contribution in [3.63, 3.8) is 0 Å². The van der Waals surface area contributed by atoms with Crippen LogP contribution in [0.1, 0.15) is 11.3 Å². The summed E-state index contributed by atoms with van der Waals surface area (Å²) in [6, 6.07) is 11.9. The highest BCUT2D eigenvalue weighted by atomic mass is 32.2. The van der Waals surface area contributed by atoms with Crippen LogP contribution in [0.15, 0.2) is 63.1 Å². The molecule has 1 aliphatic rings. The van der Waals surface area contributed by atoms with Gasteiger partial charge in [-0.25, -0.2) is 5.01 Å². The summed E-state index contributed by atoms with van der Waals surface area (Å²) in [5.41, 5.74) is 1.09. The lowest BCUT2D eigenvalue weighted by Crippen LogP contribution is -2.29. The van der Waals surface area contributed by atoms with E-state index in [1.807, 2.05) is 6.07 Å². The molecule has 0 amide bonds. The zero-order valence-corrected chi connectivity index (χ0v) is 12.9. The van der Waals surface area contributed by atoms with Crippen LogP contribution in [0, 0.1) is 0 Å². The molecule has 2 heterocycles. The maximum atomic E-state index is 12.1. The topological polar surface area (TPSA) is 95.2 Å². The Bertz CT molecular complexity index is 863. The molecule has 3 rings (SSSR count). The first-order valence-electron chi connectivity index (χ1n) is 6.89. The Morgan fingerprint density at radius 3 is 2.70 bits per heavy atom. The molecular weight excluding hydrogens is 316 g/mol. The highest BCUT2D eigenvalue weighted by Crippen LogP contribution is 2.27. The fourth-order valence-corrected chi connectivity index (χ4v) is 3.38. The van der Waals surface area contributed by atoms with Crippen LogP contribution in [-0.2, 0) is 10.0 Å². The summed E-state index contributed by atoms with van der Waals surface area (Å²) in [7, 11) is -3.73. The van der Waals surface area contributed by atoms with Crippen molar-refractivity contribution >= 4 is 22.1 Å². The number of hydrogen-bond donors (Lipinski definition) is 1. The van der Waals surface area contributed by atoms with Crippen LogP contribution < -0.4 is 0 Å². The summed E-state index contributed by atoms with van der Waals surface area (Å²) >= 11 is 0. The van der Waals surface area contributed by atoms with Crippen molar-refractivity contribution in [2.24, 2.45) is 9.50 Å². The lowest BCUT2D eigenvalue weighted by Gasteiger charge is -2.17. The van der Waals surface area contributed by atoms with Gasteiger partial charge in [0, 0.05) is 11.8 Å². The zero-order valence-electron chi connectivity index (χ0n) is 12.1. The van der Waals surface area contributed by atoms with E-state index in [-0.39, 0.29) is 23.9 Å². The van der Waals surface area contributed by atoms with Gasteiger partial charge in [-0.1, -0.05) is 18.2 Å². The van der Waals surface area contributed by atoms with Crippen molar-refractivity contribution in [2.75, 3.05) is 13.2 Å². The minimum Gasteiger partial charge on any atom is -0.394 e. The van der Waals surface area contributed by atoms with Gasteiger partial charge in [-0.05, 0) is 24.3 Å². The normalized spacial score (nSPS) is 15.4. The Labute approximate surface area is 133 Å². The number of sulfonamides is 1. The quantitative estimate of drug-likeness (QED) is 0.662. The molecule has 1 aromatic heterocycles. The molecule has 0 bridgehead atoms. The van der Waals surface area contributed by atoms with Gasteiger partial charge in [0.2, 0.25) is 0 Å². The summed E-state index contributed by atoms with van der Waals surface area (Å²) in [6.07, 6.45) is 3.12. The van der Waals surface area contributed by atoms with Crippen LogP contribution in [0.4, 0.5) is 0 Å². The third-order valence-corrected chi connectivity index (χ3v) is 4.51. The number of benzene rings is 1. The second-order valence-corrected chi connectivity index (χ2v) is 6.30. The van der Waals surface area contributed by atoms with E-state index >= 15 is 0 Å². The molecule has 0 atom stereocenters. The predicted molar refractivity (Wildman–Crippen MR) is 85.8 cm³/mol. The fourth-order valence-electron chi connectivity index (χ4n) is 2.17. The maximum Gasteiger partial charge on any atom is 0.285 e. The van der Waals surface area contributed by atoms with E-state index in [0.717, 1.165) is 0 Å². The van der Waals surface area contributed by atoms with Crippen molar-refractivity contribution in [1.29, 1.82) is 0 Å². The van der Waals surface area contributed by atoms with Crippen molar-refractivity contribution in [3.05, 3.63) is 59.9 Å². The van der Waals surface area contributed by atoms with Crippen LogP contribution >= 0.6 is 0 Å². The number of pyridine rings is 1. The molecule has 7 nitrogen and oxygen atoms in total. The first-order chi connectivity index (χ1) is 11.1. The van der Waals surface area contributed by atoms with Crippen molar-refractivity contribution in [3.8, 4) is 0 Å². The van der Waals surface area contributed by atoms with Gasteiger partial charge in [0.15, 0.2) is 5.84 Å². The number of hydrazone groups is 1. The number of aliphatic hydroxyl groups is 1. The Balaban J connectivity index is 1.98. The molecule has 0 fully saturated rings. The summed E-state index contributed by atoms with van der Waals surface area (Å²) in [6.45, 7) is -0.0766. The molecule has 1 aliphatic heterocycles. The number of hydrogen-bond acceptors (Lipinski definition) is 6. The molecule has 8 heteroatoms. The Kier molecular flexibility index (Phi) is 4.18. The van der Waals surface area contributed by atoms with Gasteiger partial charge in [-0.2, -0.15) is 13.5 Å². The smallest absolute Gasteiger partial charge is 0.285 e. The highest BCUT2D eigenvalue weighted by Gasteiger charge is 2.31. The highest BCUT2D eigenvalue weighted by molar-refractivity contribution is 7.90. The van der Waals surface area contributed by atoms with Crippen LogP contribution in [0.3, 0.4) is 0 Å². The van der Waals surface area contributed by atoms with Gasteiger partial charge in [-0.3, -0.25) is 4.98 Å². The standard InChI is InChI=1S/C15H14N4O3S/c20-10-9-19(17-11-12-5-3-4-8-16-12)15-13-6-1-2-7-14(13)23(21,22)18-15/h1-8,11,20H,9-10H2/b17-11+. The third kappa shape index (κ3) is 3.13. The minimum absolute atomic E-state index is 0.117. The third-order valence-electron chi connectivity index (χ3n) is 3.19. The van der Waals surface area contributed by atoms with Crippen LogP contribution in [-0.4, -0.2) is 48.7 Å². The molecule has 0 unspecified atom stereocenters. The lowest BCUT2D eigenvalue weighted by molar-refractivity contribution is 0.254. The summed E-state index contributed by atoms with van der Waals surface area (Å²) in [4.78, 5) is 4.26. The van der Waals surface area contributed by atoms with E-state index in [1.54, 1.807) is 36.5 Å². The first-order valence-corrected chi connectivity index (χ1v) is 8.33. The van der Waals surface area contributed by atoms with Gasteiger partial charge < -0.3 is 5.11 Å². The lowest BCUT2D eigenvalue weighted by atomic mass is 10.2. The van der Waals surface area contributed by atoms with Gasteiger partial charge in [0.25, 0.3) is 10.0 Å². The fraction of sp³-hybridized carbons (Fsp3) is 0.133. The molecule has 1 aromatic carbocycles. The van der Waals surface area contributed by atoms with Crippen molar-refractivity contribution in [1.82, 2.24) is 9.99 Å². The Morgan fingerprint density at radius 2 is 1.96 bits per heavy atom. The van der Waals surface area contributed by atoms with E-state index in [4.69, 9.17) is 0 Å². The second kappa shape index (κ2) is 6.27. The SMILES string of the molecule is O=S1(=O)N=C(N(CCO)/N=C/c2ccccn2)c2ccccc21. The average Bonchev–Trinajstić information content (AvgIpc) is 2.84. The first kappa shape index (κ1) is 15.3. The van der Waals surface area contributed by atoms with Gasteiger partial charge in [0.1, 0.15) is 4.90 Å². The number of rotatable bonds is 4. The second-order valence-electron chi connectivity index (χ2n) is 4.73. The van der Waals surface area contributed by atoms with Crippen molar-refractivity contribution in [2.45, 2.75) is 4.90 Å². The van der Waals surface area contributed by atoms with E-state index in [0.29, 0.717) is 11.3 Å². The number of amidine groups is 1. The predicted octanol–water partition coefficient (Wildman–Crippen LogP) is 0.859. The molecule has 118 valence electrons. The molecule has 0 saturated carbocycles. The van der Waals surface area contributed by atoms with Crippen molar-refractivity contribution < 1.29 is 13.5 Å². The number of fused-ring (bicyclic) bond motifs is 1. The van der Waals surface area contributed by atoms with Gasteiger partial charge >= 0.3 is 0 Å². The molecule has 0 radical (unpaired) electrons. The number of nitrogens with zero attached hydrogens (tertiary/aromatic N) is 4. The van der Waals surface area contributed by atoms with Crippen LogP contribution in [0.2, 0.25) is 0 Å². The number of aliphatic hydroxyl groups excluding tert-OH is 1. The summed E-state index contributed by atoms with van der Waals surface area (Å²) in [5.74, 6) is 0.196. The maximum absolute atomic E-state index is 12.1.